The molecule has 0 aliphatic carbocycles. The molecule has 14 rings (SSSR count). The molecule has 0 bridgehead atoms. The molecule has 0 spiro atoms. The van der Waals surface area contributed by atoms with Gasteiger partial charge in [-0.05, 0) is 294 Å². The molecule has 0 atom stereocenters. The van der Waals surface area contributed by atoms with Crippen molar-refractivity contribution in [2.75, 3.05) is 0 Å². The highest BCUT2D eigenvalue weighted by molar-refractivity contribution is 5.72. The van der Waals surface area contributed by atoms with E-state index >= 15 is 0 Å². The van der Waals surface area contributed by atoms with E-state index in [0.717, 1.165) is 22.4 Å². The second-order valence-electron chi connectivity index (χ2n) is 30.6. The Morgan fingerprint density at radius 1 is 0.188 bits per heavy atom. The molecule has 0 N–H and O–H groups in total. The Bertz CT molecular complexity index is 5300. The molecule has 0 saturated heterocycles. The zero-order chi connectivity index (χ0) is 84.4. The van der Waals surface area contributed by atoms with Crippen LogP contribution in [-0.4, -0.2) is 0 Å². The fourth-order valence-electron chi connectivity index (χ4n) is 15.2. The van der Waals surface area contributed by atoms with E-state index in [1.54, 1.807) is 12.1 Å². The predicted molar refractivity (Wildman–Crippen MR) is 471 cm³/mol. The van der Waals surface area contributed by atoms with E-state index in [-0.39, 0.29) is 0 Å². The number of pyridine rings is 7. The van der Waals surface area contributed by atoms with E-state index in [0.29, 0.717) is 5.56 Å². The molecule has 0 unspecified atom stereocenters. The van der Waals surface area contributed by atoms with E-state index in [1.165, 1.54) is 168 Å². The molecule has 7 aromatic heterocycles. The van der Waals surface area contributed by atoms with Gasteiger partial charge in [-0.3, -0.25) is 0 Å². The standard InChI is InChI=1S/7C15H18N/c1-11-7-5-9-14(13(11)3)15-12(2)8-6-10-16(15)4;4*1-11-8-9-12(2)15(13(11)3)14-7-5-6-10-16(14)4;2*1-11-9-12(2)15(13(3)10-11)14-7-5-6-8-16(14)4/h7*5-10H,1-4H3/q7*+1/i;;;;;1D3;. The summed E-state index contributed by atoms with van der Waals surface area (Å²) >= 11 is 0. The van der Waals surface area contributed by atoms with E-state index in [2.05, 4.69) is 413 Å². The fourth-order valence-corrected chi connectivity index (χ4v) is 15.2. The largest absolute Gasteiger partial charge is 0.215 e. The fraction of sp³-hybridized carbons (Fsp3) is 0.267. The Balaban J connectivity index is 0.000000168. The van der Waals surface area contributed by atoms with Crippen LogP contribution in [0.1, 0.15) is 121 Å². The predicted octanol–water partition coefficient (Wildman–Crippen LogP) is 21.7. The first kappa shape index (κ1) is 81.6. The van der Waals surface area contributed by atoms with Gasteiger partial charge in [0.05, 0.1) is 33.4 Å². The van der Waals surface area contributed by atoms with Gasteiger partial charge in [0.25, 0.3) is 0 Å². The zero-order valence-electron chi connectivity index (χ0n) is 75.4. The molecule has 7 heterocycles. The van der Waals surface area contributed by atoms with Gasteiger partial charge in [0.1, 0.15) is 49.3 Å². The van der Waals surface area contributed by atoms with Crippen LogP contribution in [0, 0.1) is 145 Å². The highest BCUT2D eigenvalue weighted by atomic mass is 14.9. The van der Waals surface area contributed by atoms with E-state index < -0.39 is 6.85 Å². The van der Waals surface area contributed by atoms with E-state index in [1.807, 2.05) is 49.9 Å². The summed E-state index contributed by atoms with van der Waals surface area (Å²) in [7, 11) is 14.6. The van der Waals surface area contributed by atoms with Crippen molar-refractivity contribution >= 4 is 0 Å². The van der Waals surface area contributed by atoms with Gasteiger partial charge in [-0.25, -0.2) is 32.0 Å². The van der Waals surface area contributed by atoms with Crippen molar-refractivity contribution < 1.29 is 36.1 Å². The maximum Gasteiger partial charge on any atom is 0.215 e. The van der Waals surface area contributed by atoms with Crippen molar-refractivity contribution in [2.24, 2.45) is 49.3 Å². The number of benzene rings is 7. The molecule has 0 aliphatic heterocycles. The Labute approximate surface area is 678 Å². The first-order valence-electron chi connectivity index (χ1n) is 40.6. The van der Waals surface area contributed by atoms with Crippen LogP contribution < -0.4 is 32.0 Å². The molecule has 0 fully saturated rings. The summed E-state index contributed by atoms with van der Waals surface area (Å²) in [4.78, 5) is 0. The third-order valence-corrected chi connectivity index (χ3v) is 22.1. The quantitative estimate of drug-likeness (QED) is 0.142. The molecule has 14 aromatic rings. The van der Waals surface area contributed by atoms with Gasteiger partial charge < -0.3 is 0 Å². The van der Waals surface area contributed by atoms with Crippen molar-refractivity contribution in [3.63, 3.8) is 0 Å². The highest BCUT2D eigenvalue weighted by Crippen LogP contribution is 2.33. The normalized spacial score (nSPS) is 11.0. The van der Waals surface area contributed by atoms with Crippen LogP contribution in [0.2, 0.25) is 0 Å². The first-order valence-corrected chi connectivity index (χ1v) is 39.1. The zero-order valence-corrected chi connectivity index (χ0v) is 72.4. The summed E-state index contributed by atoms with van der Waals surface area (Å²) in [6, 6.07) is 74.0. The summed E-state index contributed by atoms with van der Waals surface area (Å²) in [5, 5.41) is 0. The van der Waals surface area contributed by atoms with Crippen molar-refractivity contribution in [1.29, 1.82) is 0 Å². The van der Waals surface area contributed by atoms with Gasteiger partial charge >= 0.3 is 0 Å². The molecule has 0 aliphatic rings. The molecule has 7 nitrogen and oxygen atoms in total. The number of aromatic nitrogens is 7. The number of nitrogens with zero attached hydrogens (tertiary/aromatic N) is 7. The highest BCUT2D eigenvalue weighted by Gasteiger charge is 2.22. The minimum atomic E-state index is -2.05. The van der Waals surface area contributed by atoms with Gasteiger partial charge in [-0.15, -0.1) is 0 Å². The van der Waals surface area contributed by atoms with Gasteiger partial charge in [0, 0.05) is 94.1 Å². The van der Waals surface area contributed by atoms with Crippen LogP contribution in [0.5, 0.6) is 0 Å². The topological polar surface area (TPSA) is 27.2 Å². The molecule has 7 heteroatoms. The summed E-state index contributed by atoms with van der Waals surface area (Å²) in [5.41, 5.74) is 44.8. The molecule has 0 saturated carbocycles. The van der Waals surface area contributed by atoms with Crippen LogP contribution in [0.4, 0.5) is 0 Å². The minimum absolute atomic E-state index is 0.407. The molecule has 0 amide bonds. The SMILES string of the molecule is Cc1cc(C)c(-c2cccc[n+]2C)c(C)c1.Cc1ccc(C)c(-c2cccc[n+]2C)c1C.Cc1ccc(C)c(-c2cccc[n+]2C)c1C.Cc1ccc(C)c(-c2cccc[n+]2C)c1C.Cc1ccc(C)c(-c2cccc[n+]2C)c1C.Cc1cccc(-c2c(C)ccc[n+]2C)c1C.[2H]C([2H])([2H])c1cc(C)c(-c2cccc[n+]2C)c(C)c1. The van der Waals surface area contributed by atoms with Crippen LogP contribution in [0.25, 0.3) is 78.8 Å². The van der Waals surface area contributed by atoms with Gasteiger partial charge in [0.2, 0.25) is 39.9 Å². The molecule has 7 aromatic carbocycles. The summed E-state index contributed by atoms with van der Waals surface area (Å²) in [5.74, 6) is 0. The summed E-state index contributed by atoms with van der Waals surface area (Å²) < 4.78 is 37.6. The van der Waals surface area contributed by atoms with Crippen molar-refractivity contribution in [3.8, 4) is 78.8 Å². The summed E-state index contributed by atoms with van der Waals surface area (Å²) in [6.07, 6.45) is 14.6. The third-order valence-electron chi connectivity index (χ3n) is 22.1. The van der Waals surface area contributed by atoms with Crippen LogP contribution in [0.3, 0.4) is 0 Å². The van der Waals surface area contributed by atoms with E-state index in [9.17, 15) is 0 Å². The van der Waals surface area contributed by atoms with Crippen molar-refractivity contribution in [2.45, 2.75) is 145 Å². The Hall–Kier alpha value is -11.4. The van der Waals surface area contributed by atoms with Gasteiger partial charge in [0.15, 0.2) is 43.4 Å². The number of aryl methyl sites for hydroxylation is 23. The summed E-state index contributed by atoms with van der Waals surface area (Å²) in [6.45, 7) is 41.1. The second kappa shape index (κ2) is 39.5. The minimum Gasteiger partial charge on any atom is -0.201 e. The average molecular weight is 1490 g/mol. The molecule has 574 valence electrons. The van der Waals surface area contributed by atoms with Crippen LogP contribution in [-0.2, 0) is 49.3 Å². The lowest BCUT2D eigenvalue weighted by molar-refractivity contribution is -0.660. The Morgan fingerprint density at radius 2 is 0.420 bits per heavy atom. The number of hydrogen-bond donors (Lipinski definition) is 0. The monoisotopic (exact) mass is 1490 g/mol. The van der Waals surface area contributed by atoms with E-state index in [4.69, 9.17) is 4.11 Å². The lowest BCUT2D eigenvalue weighted by Crippen LogP contribution is -2.31. The molecular weight excluding hydrogens is 1360 g/mol. The third kappa shape index (κ3) is 21.2. The average Bonchev–Trinajstić information content (AvgIpc) is 0.707. The maximum absolute atomic E-state index is 7.51. The molecule has 0 radical (unpaired) electrons. The number of rotatable bonds is 7. The van der Waals surface area contributed by atoms with Crippen LogP contribution in [0.15, 0.2) is 256 Å². The lowest BCUT2D eigenvalue weighted by atomic mass is 9.95. The maximum atomic E-state index is 7.51. The molecule has 112 heavy (non-hydrogen) atoms. The van der Waals surface area contributed by atoms with Crippen molar-refractivity contribution in [1.82, 2.24) is 0 Å². The first-order chi connectivity index (χ1) is 54.4. The Kier molecular flexibility index (Phi) is 28.8. The molecular formula is C105H126N7+7. The van der Waals surface area contributed by atoms with Gasteiger partial charge in [-0.1, -0.05) is 96.1 Å². The second-order valence-corrected chi connectivity index (χ2v) is 30.6. The lowest BCUT2D eigenvalue weighted by Gasteiger charge is -2.10. The smallest absolute Gasteiger partial charge is 0.201 e. The van der Waals surface area contributed by atoms with Crippen LogP contribution >= 0.6 is 0 Å². The number of hydrogen-bond acceptors (Lipinski definition) is 0. The van der Waals surface area contributed by atoms with Gasteiger partial charge in [-0.2, -0.15) is 0 Å². The van der Waals surface area contributed by atoms with Crippen molar-refractivity contribution in [3.05, 3.63) is 373 Å². The Morgan fingerprint density at radius 3 is 0.679 bits per heavy atom.